The Morgan fingerprint density at radius 1 is 1.11 bits per heavy atom. The van der Waals surface area contributed by atoms with Crippen LogP contribution in [0.1, 0.15) is 45.9 Å². The molecule has 1 atom stereocenters. The van der Waals surface area contributed by atoms with E-state index in [0.29, 0.717) is 5.69 Å². The molecular formula is C26H25N3O5S. The molecule has 1 fully saturated rings. The first-order valence-electron chi connectivity index (χ1n) is 11.5. The van der Waals surface area contributed by atoms with Gasteiger partial charge in [-0.2, -0.15) is 4.37 Å². The normalized spacial score (nSPS) is 15.1. The lowest BCUT2D eigenvalue weighted by molar-refractivity contribution is -0.120. The number of aryl methyl sites for hydroxylation is 1. The van der Waals surface area contributed by atoms with Crippen LogP contribution < -0.4 is 10.2 Å². The Morgan fingerprint density at radius 2 is 1.71 bits per heavy atom. The van der Waals surface area contributed by atoms with Crippen LogP contribution in [0.3, 0.4) is 0 Å². The second-order valence-electron chi connectivity index (χ2n) is 8.94. The zero-order chi connectivity index (χ0) is 24.7. The summed E-state index contributed by atoms with van der Waals surface area (Å²) in [5.74, 6) is -1.61. The predicted octanol–water partition coefficient (Wildman–Crippen LogP) is 4.43. The first kappa shape index (κ1) is 23.0. The molecule has 0 bridgehead atoms. The van der Waals surface area contributed by atoms with Crippen LogP contribution in [0.4, 0.5) is 9.80 Å². The molecule has 2 aliphatic carbocycles. The molecule has 1 saturated carbocycles. The number of carboxylic acids is 1. The van der Waals surface area contributed by atoms with Gasteiger partial charge < -0.3 is 20.1 Å². The number of anilines is 1. The van der Waals surface area contributed by atoms with Crippen LogP contribution in [-0.4, -0.2) is 47.1 Å². The number of likely N-dealkylation sites (N-methyl/N-ethyl adjacent to an activating group) is 1. The van der Waals surface area contributed by atoms with E-state index < -0.39 is 18.1 Å². The van der Waals surface area contributed by atoms with Crippen molar-refractivity contribution in [1.29, 1.82) is 0 Å². The highest BCUT2D eigenvalue weighted by Crippen LogP contribution is 2.44. The van der Waals surface area contributed by atoms with Gasteiger partial charge in [0.1, 0.15) is 23.2 Å². The number of fused-ring (bicyclic) bond motifs is 3. The van der Waals surface area contributed by atoms with E-state index in [4.69, 9.17) is 4.74 Å². The summed E-state index contributed by atoms with van der Waals surface area (Å²) in [7, 11) is 1.51. The van der Waals surface area contributed by atoms with Crippen molar-refractivity contribution in [2.24, 2.45) is 5.92 Å². The number of ether oxygens (including phenoxy) is 1. The van der Waals surface area contributed by atoms with Gasteiger partial charge in [-0.05, 0) is 59.5 Å². The van der Waals surface area contributed by atoms with E-state index in [2.05, 4.69) is 21.8 Å². The van der Waals surface area contributed by atoms with E-state index in [1.165, 1.54) is 11.9 Å². The molecule has 1 aromatic heterocycles. The first-order valence-corrected chi connectivity index (χ1v) is 12.2. The highest BCUT2D eigenvalue weighted by atomic mass is 32.1. The molecule has 3 aromatic rings. The Hall–Kier alpha value is -3.72. The number of carbonyl (C=O) groups excluding carboxylic acids is 2. The van der Waals surface area contributed by atoms with Crippen molar-refractivity contribution in [3.63, 3.8) is 0 Å². The fourth-order valence-electron chi connectivity index (χ4n) is 4.72. The van der Waals surface area contributed by atoms with Crippen molar-refractivity contribution in [2.75, 3.05) is 18.6 Å². The van der Waals surface area contributed by atoms with Crippen LogP contribution in [0, 0.1) is 12.8 Å². The molecule has 2 N–H and O–H groups in total. The highest BCUT2D eigenvalue weighted by Gasteiger charge is 2.40. The molecule has 180 valence electrons. The number of carbonyl (C=O) groups is 3. The molecule has 0 aliphatic heterocycles. The lowest BCUT2D eigenvalue weighted by Crippen LogP contribution is -2.49. The third-order valence-electron chi connectivity index (χ3n) is 6.67. The summed E-state index contributed by atoms with van der Waals surface area (Å²) in [6.45, 7) is 1.74. The first-order chi connectivity index (χ1) is 16.9. The van der Waals surface area contributed by atoms with Gasteiger partial charge in [-0.1, -0.05) is 48.5 Å². The maximum atomic E-state index is 13.3. The summed E-state index contributed by atoms with van der Waals surface area (Å²) < 4.78 is 9.71. The fraction of sp³-hybridized carbons (Fsp3) is 0.308. The number of aromatic carboxylic acids is 1. The van der Waals surface area contributed by atoms with Gasteiger partial charge in [0.15, 0.2) is 0 Å². The molecule has 1 unspecified atom stereocenters. The molecule has 35 heavy (non-hydrogen) atoms. The predicted molar refractivity (Wildman–Crippen MR) is 132 cm³/mol. The second kappa shape index (κ2) is 9.14. The quantitative estimate of drug-likeness (QED) is 0.506. The van der Waals surface area contributed by atoms with Crippen LogP contribution in [-0.2, 0) is 9.53 Å². The summed E-state index contributed by atoms with van der Waals surface area (Å²) in [5, 5.41) is 12.5. The molecular weight excluding hydrogens is 466 g/mol. The largest absolute Gasteiger partial charge is 0.478 e. The summed E-state index contributed by atoms with van der Waals surface area (Å²) in [4.78, 5) is 39.0. The van der Waals surface area contributed by atoms with Gasteiger partial charge in [-0.3, -0.25) is 4.79 Å². The Morgan fingerprint density at radius 3 is 2.29 bits per heavy atom. The molecule has 9 heteroatoms. The highest BCUT2D eigenvalue weighted by molar-refractivity contribution is 7.11. The summed E-state index contributed by atoms with van der Waals surface area (Å²) in [5.41, 5.74) is 4.85. The molecule has 5 rings (SSSR count). The fourth-order valence-corrected chi connectivity index (χ4v) is 5.57. The van der Waals surface area contributed by atoms with Gasteiger partial charge in [0.2, 0.25) is 5.91 Å². The van der Waals surface area contributed by atoms with Crippen molar-refractivity contribution in [1.82, 2.24) is 9.69 Å². The van der Waals surface area contributed by atoms with Gasteiger partial charge >= 0.3 is 12.1 Å². The smallest absolute Gasteiger partial charge is 0.407 e. The number of nitrogens with zero attached hydrogens (tertiary/aromatic N) is 2. The van der Waals surface area contributed by atoms with Crippen LogP contribution in [0.25, 0.3) is 11.1 Å². The number of amides is 2. The van der Waals surface area contributed by atoms with Crippen molar-refractivity contribution in [2.45, 2.75) is 31.7 Å². The van der Waals surface area contributed by atoms with Crippen LogP contribution in [0.15, 0.2) is 48.5 Å². The standard InChI is InChI=1S/C26H25N3O5S/c1-14-21(25(31)32)24(35-28-14)29(2)23(30)22(15-11-12-15)27-26(33)34-13-20-18-9-5-3-7-16(18)17-8-4-6-10-19(17)20/h3-10,15,20,22H,11-13H2,1-2H3,(H,27,33)(H,31,32). The van der Waals surface area contributed by atoms with Gasteiger partial charge in [0, 0.05) is 13.0 Å². The molecule has 0 radical (unpaired) electrons. The molecule has 0 spiro atoms. The van der Waals surface area contributed by atoms with Crippen molar-refractivity contribution < 1.29 is 24.2 Å². The second-order valence-corrected chi connectivity index (χ2v) is 9.69. The molecule has 2 amide bonds. The average molecular weight is 492 g/mol. The van der Waals surface area contributed by atoms with E-state index >= 15 is 0 Å². The summed E-state index contributed by atoms with van der Waals surface area (Å²) in [6, 6.07) is 15.4. The molecule has 2 aliphatic rings. The average Bonchev–Trinajstić information content (AvgIpc) is 3.55. The molecule has 8 nitrogen and oxygen atoms in total. The summed E-state index contributed by atoms with van der Waals surface area (Å²) >= 11 is 0.954. The molecule has 0 saturated heterocycles. The summed E-state index contributed by atoms with van der Waals surface area (Å²) in [6.07, 6.45) is 0.951. The number of hydrogen-bond acceptors (Lipinski definition) is 6. The monoisotopic (exact) mass is 491 g/mol. The van der Waals surface area contributed by atoms with E-state index in [-0.39, 0.29) is 34.9 Å². The Bertz CT molecular complexity index is 1270. The number of alkyl carbamates (subject to hydrolysis) is 1. The zero-order valence-electron chi connectivity index (χ0n) is 19.4. The molecule has 2 aromatic carbocycles. The maximum absolute atomic E-state index is 13.3. The minimum absolute atomic E-state index is 0.00142. The topological polar surface area (TPSA) is 109 Å². The lowest BCUT2D eigenvalue weighted by atomic mass is 9.98. The number of benzene rings is 2. The van der Waals surface area contributed by atoms with E-state index in [1.807, 2.05) is 36.4 Å². The molecule has 1 heterocycles. The number of aromatic nitrogens is 1. The SMILES string of the molecule is Cc1nsc(N(C)C(=O)C(NC(=O)OCC2c3ccccc3-c3ccccc32)C2CC2)c1C(=O)O. The Labute approximate surface area is 206 Å². The van der Waals surface area contributed by atoms with Crippen LogP contribution >= 0.6 is 11.5 Å². The van der Waals surface area contributed by atoms with Crippen molar-refractivity contribution >= 4 is 34.5 Å². The Kier molecular flexibility index (Phi) is 6.02. The third kappa shape index (κ3) is 4.27. The van der Waals surface area contributed by atoms with Crippen molar-refractivity contribution in [3.8, 4) is 11.1 Å². The number of hydrogen-bond donors (Lipinski definition) is 2. The minimum Gasteiger partial charge on any atom is -0.478 e. The van der Waals surface area contributed by atoms with E-state index in [1.54, 1.807) is 6.92 Å². The minimum atomic E-state index is -1.14. The van der Waals surface area contributed by atoms with Crippen LogP contribution in [0.2, 0.25) is 0 Å². The van der Waals surface area contributed by atoms with Gasteiger partial charge in [0.05, 0.1) is 5.69 Å². The Balaban J connectivity index is 1.28. The van der Waals surface area contributed by atoms with E-state index in [0.717, 1.165) is 46.6 Å². The lowest BCUT2D eigenvalue weighted by Gasteiger charge is -2.24. The zero-order valence-corrected chi connectivity index (χ0v) is 20.2. The number of nitrogens with one attached hydrogen (secondary N) is 1. The van der Waals surface area contributed by atoms with Crippen LogP contribution in [0.5, 0.6) is 0 Å². The third-order valence-corrected chi connectivity index (χ3v) is 7.69. The van der Waals surface area contributed by atoms with Crippen molar-refractivity contribution in [3.05, 3.63) is 70.9 Å². The van der Waals surface area contributed by atoms with E-state index in [9.17, 15) is 19.5 Å². The number of carboxylic acid groups (broad SMARTS) is 1. The maximum Gasteiger partial charge on any atom is 0.407 e. The van der Waals surface area contributed by atoms with Gasteiger partial charge in [0.25, 0.3) is 0 Å². The van der Waals surface area contributed by atoms with Gasteiger partial charge in [-0.15, -0.1) is 0 Å². The number of rotatable bonds is 7. The van der Waals surface area contributed by atoms with Gasteiger partial charge in [-0.25, -0.2) is 9.59 Å².